The van der Waals surface area contributed by atoms with E-state index in [1.807, 2.05) is 0 Å². The number of amides is 3. The van der Waals surface area contributed by atoms with Crippen LogP contribution in [0.1, 0.15) is 38.0 Å². The molecule has 2 heterocycles. The predicted molar refractivity (Wildman–Crippen MR) is 97.3 cm³/mol. The molecule has 11 nitrogen and oxygen atoms in total. The number of nitrogens with zero attached hydrogens (tertiary/aromatic N) is 3. The molecule has 0 aliphatic carbocycles. The number of anilines is 1. The molecule has 3 rings (SSSR count). The smallest absolute Gasteiger partial charge is 0.338 e. The van der Waals surface area contributed by atoms with Crippen LogP contribution in [0, 0.1) is 10.1 Å². The van der Waals surface area contributed by atoms with E-state index in [4.69, 9.17) is 4.74 Å². The van der Waals surface area contributed by atoms with Gasteiger partial charge in [-0.15, -0.1) is 0 Å². The number of carbonyl (C=O) groups excluding carboxylic acids is 4. The van der Waals surface area contributed by atoms with Gasteiger partial charge in [-0.3, -0.25) is 29.4 Å². The molecule has 0 unspecified atom stereocenters. The van der Waals surface area contributed by atoms with Crippen LogP contribution in [0.15, 0.2) is 36.5 Å². The largest absolute Gasteiger partial charge is 0.462 e. The second kappa shape index (κ2) is 7.84. The van der Waals surface area contributed by atoms with E-state index in [2.05, 4.69) is 10.3 Å². The minimum Gasteiger partial charge on any atom is -0.462 e. The van der Waals surface area contributed by atoms with Gasteiger partial charge in [-0.1, -0.05) is 0 Å². The molecule has 3 amide bonds. The third kappa shape index (κ3) is 3.93. The van der Waals surface area contributed by atoms with Crippen molar-refractivity contribution < 1.29 is 28.8 Å². The number of rotatable bonds is 6. The minimum atomic E-state index is -0.808. The summed E-state index contributed by atoms with van der Waals surface area (Å²) < 4.78 is 4.86. The third-order valence-corrected chi connectivity index (χ3v) is 4.01. The summed E-state index contributed by atoms with van der Waals surface area (Å²) in [6.07, 6.45) is 1.29. The number of benzene rings is 1. The van der Waals surface area contributed by atoms with Crippen LogP contribution in [-0.4, -0.2) is 51.6 Å². The normalized spacial score (nSPS) is 12.5. The maximum Gasteiger partial charge on any atom is 0.338 e. The van der Waals surface area contributed by atoms with Gasteiger partial charge in [-0.2, -0.15) is 0 Å². The number of carbonyl (C=O) groups is 4. The molecule has 0 saturated carbocycles. The standard InChI is InChI=1S/C18H14N4O7/c1-2-29-18(26)10-5-6-19-14(7-10)20-15(23)9-21-16(24)12-4-3-11(22(27)28)8-13(12)17(21)25/h3-8H,2,9H2,1H3,(H,19,20,23). The highest BCUT2D eigenvalue weighted by Gasteiger charge is 2.37. The first-order valence-electron chi connectivity index (χ1n) is 8.39. The van der Waals surface area contributed by atoms with E-state index >= 15 is 0 Å². The van der Waals surface area contributed by atoms with Crippen LogP contribution in [0.2, 0.25) is 0 Å². The summed E-state index contributed by atoms with van der Waals surface area (Å²) in [7, 11) is 0. The van der Waals surface area contributed by atoms with Crippen LogP contribution in [-0.2, 0) is 9.53 Å². The predicted octanol–water partition coefficient (Wildman–Crippen LogP) is 1.40. The Hall–Kier alpha value is -4.15. The van der Waals surface area contributed by atoms with Crippen molar-refractivity contribution in [2.45, 2.75) is 6.92 Å². The van der Waals surface area contributed by atoms with Gasteiger partial charge in [-0.25, -0.2) is 9.78 Å². The lowest BCUT2D eigenvalue weighted by Crippen LogP contribution is -2.37. The first-order valence-corrected chi connectivity index (χ1v) is 8.39. The molecular weight excluding hydrogens is 384 g/mol. The number of nitro groups is 1. The van der Waals surface area contributed by atoms with Crippen molar-refractivity contribution in [3.8, 4) is 0 Å². The number of pyridine rings is 1. The van der Waals surface area contributed by atoms with Crippen molar-refractivity contribution in [2.75, 3.05) is 18.5 Å². The zero-order valence-electron chi connectivity index (χ0n) is 15.1. The molecule has 148 valence electrons. The topological polar surface area (TPSA) is 149 Å². The average molecular weight is 398 g/mol. The van der Waals surface area contributed by atoms with Gasteiger partial charge in [-0.05, 0) is 25.1 Å². The summed E-state index contributed by atoms with van der Waals surface area (Å²) in [6.45, 7) is 1.21. The summed E-state index contributed by atoms with van der Waals surface area (Å²) in [4.78, 5) is 63.5. The van der Waals surface area contributed by atoms with E-state index < -0.39 is 35.2 Å². The van der Waals surface area contributed by atoms with Crippen molar-refractivity contribution in [3.05, 3.63) is 63.3 Å². The zero-order chi connectivity index (χ0) is 21.1. The second-order valence-corrected chi connectivity index (χ2v) is 5.88. The minimum absolute atomic E-state index is 0.0177. The number of fused-ring (bicyclic) bond motifs is 1. The van der Waals surface area contributed by atoms with Gasteiger partial charge in [0.05, 0.1) is 28.2 Å². The monoisotopic (exact) mass is 398 g/mol. The fraction of sp³-hybridized carbons (Fsp3) is 0.167. The lowest BCUT2D eigenvalue weighted by atomic mass is 10.1. The van der Waals surface area contributed by atoms with Crippen LogP contribution in [0.5, 0.6) is 0 Å². The first kappa shape index (κ1) is 19.6. The van der Waals surface area contributed by atoms with Gasteiger partial charge in [0.15, 0.2) is 0 Å². The maximum absolute atomic E-state index is 12.4. The first-order chi connectivity index (χ1) is 13.8. The molecule has 0 saturated heterocycles. The molecular formula is C18H14N4O7. The van der Waals surface area contributed by atoms with Crippen LogP contribution >= 0.6 is 0 Å². The molecule has 1 aliphatic heterocycles. The van der Waals surface area contributed by atoms with Crippen molar-refractivity contribution >= 4 is 35.2 Å². The van der Waals surface area contributed by atoms with Gasteiger partial charge < -0.3 is 10.1 Å². The Morgan fingerprint density at radius 2 is 1.90 bits per heavy atom. The lowest BCUT2D eigenvalue weighted by molar-refractivity contribution is -0.384. The van der Waals surface area contributed by atoms with Gasteiger partial charge >= 0.3 is 5.97 Å². The molecule has 1 aromatic heterocycles. The molecule has 1 N–H and O–H groups in total. The molecule has 0 fully saturated rings. The number of nitrogens with one attached hydrogen (secondary N) is 1. The Morgan fingerprint density at radius 3 is 2.59 bits per heavy atom. The SMILES string of the molecule is CCOC(=O)c1ccnc(NC(=O)CN2C(=O)c3ccc([N+](=O)[O-])cc3C2=O)c1. The van der Waals surface area contributed by atoms with E-state index in [-0.39, 0.29) is 34.8 Å². The molecule has 0 radical (unpaired) electrons. The van der Waals surface area contributed by atoms with E-state index in [1.54, 1.807) is 6.92 Å². The Kier molecular flexibility index (Phi) is 5.30. The molecule has 11 heteroatoms. The van der Waals surface area contributed by atoms with Gasteiger partial charge in [0.1, 0.15) is 12.4 Å². The van der Waals surface area contributed by atoms with Crippen molar-refractivity contribution in [2.24, 2.45) is 0 Å². The Labute approximate surface area is 163 Å². The number of imide groups is 1. The number of aromatic nitrogens is 1. The maximum atomic E-state index is 12.4. The lowest BCUT2D eigenvalue weighted by Gasteiger charge is -2.13. The number of hydrogen-bond donors (Lipinski definition) is 1. The summed E-state index contributed by atoms with van der Waals surface area (Å²) in [5.41, 5.74) is -0.323. The van der Waals surface area contributed by atoms with E-state index in [0.29, 0.717) is 4.90 Å². The molecule has 2 aromatic rings. The Morgan fingerprint density at radius 1 is 1.17 bits per heavy atom. The van der Waals surface area contributed by atoms with Crippen LogP contribution in [0.25, 0.3) is 0 Å². The van der Waals surface area contributed by atoms with Gasteiger partial charge in [0, 0.05) is 18.3 Å². The number of hydrogen-bond acceptors (Lipinski definition) is 8. The number of non-ortho nitro benzene ring substituents is 1. The summed E-state index contributed by atoms with van der Waals surface area (Å²) in [6, 6.07) is 5.98. The summed E-state index contributed by atoms with van der Waals surface area (Å²) in [5.74, 6) is -2.83. The second-order valence-electron chi connectivity index (χ2n) is 5.88. The Balaban J connectivity index is 1.72. The Bertz CT molecular complexity index is 1050. The molecule has 29 heavy (non-hydrogen) atoms. The highest BCUT2D eigenvalue weighted by atomic mass is 16.6. The van der Waals surface area contributed by atoms with Crippen molar-refractivity contribution in [1.29, 1.82) is 0 Å². The number of nitro benzene ring substituents is 1. The van der Waals surface area contributed by atoms with Crippen molar-refractivity contribution in [3.63, 3.8) is 0 Å². The van der Waals surface area contributed by atoms with Crippen LogP contribution in [0.4, 0.5) is 11.5 Å². The quantitative estimate of drug-likeness (QED) is 0.332. The fourth-order valence-electron chi connectivity index (χ4n) is 2.70. The third-order valence-electron chi connectivity index (χ3n) is 4.01. The average Bonchev–Trinajstić information content (AvgIpc) is 2.92. The highest BCUT2D eigenvalue weighted by molar-refractivity contribution is 6.23. The molecule has 0 bridgehead atoms. The summed E-state index contributed by atoms with van der Waals surface area (Å²) in [5, 5.41) is 13.3. The molecule has 0 spiro atoms. The molecule has 1 aromatic carbocycles. The van der Waals surface area contributed by atoms with E-state index in [0.717, 1.165) is 12.1 Å². The summed E-state index contributed by atoms with van der Waals surface area (Å²) >= 11 is 0. The van der Waals surface area contributed by atoms with Gasteiger partial charge in [0.25, 0.3) is 17.5 Å². The molecule has 1 aliphatic rings. The highest BCUT2D eigenvalue weighted by Crippen LogP contribution is 2.26. The van der Waals surface area contributed by atoms with E-state index in [1.165, 1.54) is 24.4 Å². The van der Waals surface area contributed by atoms with Crippen LogP contribution in [0.3, 0.4) is 0 Å². The van der Waals surface area contributed by atoms with E-state index in [9.17, 15) is 29.3 Å². The van der Waals surface area contributed by atoms with Crippen molar-refractivity contribution in [1.82, 2.24) is 9.88 Å². The van der Waals surface area contributed by atoms with Gasteiger partial charge in [0.2, 0.25) is 5.91 Å². The fourth-order valence-corrected chi connectivity index (χ4v) is 2.70. The van der Waals surface area contributed by atoms with Crippen LogP contribution < -0.4 is 5.32 Å². The number of ether oxygens (including phenoxy) is 1. The number of esters is 1. The molecule has 0 atom stereocenters. The zero-order valence-corrected chi connectivity index (χ0v) is 15.1.